The lowest BCUT2D eigenvalue weighted by Crippen LogP contribution is -2.43. The molecule has 0 fully saturated rings. The number of rotatable bonds is 42. The number of fused-ring (bicyclic) bond motifs is 2. The van der Waals surface area contributed by atoms with Gasteiger partial charge in [-0.1, -0.05) is 143 Å². The van der Waals surface area contributed by atoms with Gasteiger partial charge in [0.25, 0.3) is 0 Å². The normalized spacial score (nSPS) is 18.7. The van der Waals surface area contributed by atoms with Crippen LogP contribution in [0.5, 0.6) is 11.5 Å². The first kappa shape index (κ1) is 77.1. The molecule has 2 aliphatic rings. The highest BCUT2D eigenvalue weighted by Gasteiger charge is 2.51. The largest absolute Gasteiger partial charge is 0.491 e. The lowest BCUT2D eigenvalue weighted by atomic mass is 9.68. The molecule has 0 bridgehead atoms. The Balaban J connectivity index is 0.00000846. The van der Waals surface area contributed by atoms with Gasteiger partial charge in [-0.2, -0.15) is 0 Å². The second-order valence-corrected chi connectivity index (χ2v) is 28.5. The molecule has 89 heavy (non-hydrogen) atoms. The summed E-state index contributed by atoms with van der Waals surface area (Å²) in [6.45, 7) is 16.1. The van der Waals surface area contributed by atoms with Gasteiger partial charge in [-0.25, -0.2) is 16.8 Å². The molecule has 0 aromatic heterocycles. The van der Waals surface area contributed by atoms with Crippen LogP contribution in [0.1, 0.15) is 173 Å². The van der Waals surface area contributed by atoms with Gasteiger partial charge in [-0.15, -0.1) is 0 Å². The molecule has 6 rings (SSSR count). The summed E-state index contributed by atoms with van der Waals surface area (Å²) in [6.07, 6.45) is 11.1. The van der Waals surface area contributed by atoms with E-state index in [0.29, 0.717) is 113 Å². The van der Waals surface area contributed by atoms with E-state index in [4.69, 9.17) is 28.4 Å². The maximum atomic E-state index is 14.5. The zero-order valence-corrected chi connectivity index (χ0v) is 55.6. The van der Waals surface area contributed by atoms with Crippen LogP contribution in [0, 0.1) is 10.8 Å². The number of hydrogen-bond acceptors (Lipinski definition) is 16. The summed E-state index contributed by atoms with van der Waals surface area (Å²) in [5.74, 6) is -0.110. The van der Waals surface area contributed by atoms with E-state index in [0.717, 1.165) is 119 Å². The Kier molecular flexibility index (Phi) is 34.0. The monoisotopic (exact) mass is 1280 g/mol. The summed E-state index contributed by atoms with van der Waals surface area (Å²) in [7, 11) is 0.218. The topological polar surface area (TPSA) is 195 Å². The number of sulfone groups is 2. The van der Waals surface area contributed by atoms with E-state index < -0.39 is 54.5 Å². The number of ether oxygens (including phenoxy) is 6. The van der Waals surface area contributed by atoms with E-state index in [1.165, 1.54) is 0 Å². The minimum atomic E-state index is -3.81. The minimum Gasteiger partial charge on any atom is -0.491 e. The summed E-state index contributed by atoms with van der Waals surface area (Å²) in [5, 5.41) is 31.9. The molecule has 0 aliphatic carbocycles. The number of anilines is 2. The van der Waals surface area contributed by atoms with Gasteiger partial charge in [0.1, 0.15) is 24.7 Å². The molecule has 0 radical (unpaired) electrons. The van der Waals surface area contributed by atoms with Crippen LogP contribution in [0.2, 0.25) is 0 Å². The first-order valence-electron chi connectivity index (χ1n) is 32.6. The van der Waals surface area contributed by atoms with Crippen molar-refractivity contribution in [2.24, 2.45) is 10.8 Å². The molecule has 0 saturated carbocycles. The second-order valence-electron chi connectivity index (χ2n) is 24.6. The highest BCUT2D eigenvalue weighted by molar-refractivity contribution is 7.91. The van der Waals surface area contributed by atoms with Crippen molar-refractivity contribution >= 4 is 31.0 Å². The molecule has 504 valence electrons. The molecule has 4 aromatic rings. The standard InChI is InChI=1S/C69H108N4O12S2.2CH4/c1-9-13-30-68(31-14-10-2)52-86(76,77)62-29-28-56(72(5)6)49-58(62)65(67(68)75)55-26-23-27-57(48-55)84-46-44-82-42-40-80-38-36-70-34-21-18-22-35-71-37-39-81-41-43-83-45-47-85-61-51-63-59(50-60(61)73(7)8)64(54-24-19-17-20-25-54)66(74)69(32-15-11-3,33-16-12-4)53-87(63,78)79;;/h17,19-20,23-29,48-51,64-67,70-71,74-75H,9-16,18,21-22,30-47,52-53H2,1-8H3;2*1H4/t64-,65-,66-,67-;;/m0../s1. The van der Waals surface area contributed by atoms with Crippen molar-refractivity contribution in [3.05, 3.63) is 107 Å². The first-order chi connectivity index (χ1) is 42.0. The smallest absolute Gasteiger partial charge is 0.179 e. The van der Waals surface area contributed by atoms with Gasteiger partial charge in [-0.3, -0.25) is 0 Å². The van der Waals surface area contributed by atoms with E-state index in [1.54, 1.807) is 12.1 Å². The Morgan fingerprint density at radius 2 is 0.933 bits per heavy atom. The molecule has 0 saturated heterocycles. The van der Waals surface area contributed by atoms with Crippen molar-refractivity contribution in [2.45, 2.75) is 173 Å². The Bertz CT molecular complexity index is 2840. The molecule has 2 heterocycles. The lowest BCUT2D eigenvalue weighted by molar-refractivity contribution is 0.0126. The fourth-order valence-corrected chi connectivity index (χ4v) is 17.1. The zero-order valence-electron chi connectivity index (χ0n) is 54.0. The summed E-state index contributed by atoms with van der Waals surface area (Å²) in [5.41, 5.74) is 3.07. The number of nitrogens with zero attached hydrogens (tertiary/aromatic N) is 2. The maximum Gasteiger partial charge on any atom is 0.179 e. The maximum absolute atomic E-state index is 14.5. The Hall–Kier alpha value is -4.34. The predicted octanol–water partition coefficient (Wildman–Crippen LogP) is 12.3. The average Bonchev–Trinajstić information content (AvgIpc) is 1.64. The van der Waals surface area contributed by atoms with Crippen LogP contribution in [0.25, 0.3) is 0 Å². The molecule has 16 nitrogen and oxygen atoms in total. The van der Waals surface area contributed by atoms with Crippen LogP contribution < -0.4 is 29.9 Å². The van der Waals surface area contributed by atoms with Gasteiger partial charge in [0.05, 0.1) is 92.0 Å². The molecule has 4 atom stereocenters. The Morgan fingerprint density at radius 1 is 0.472 bits per heavy atom. The van der Waals surface area contributed by atoms with Gasteiger partial charge < -0.3 is 59.1 Å². The van der Waals surface area contributed by atoms with E-state index >= 15 is 0 Å². The first-order valence-corrected chi connectivity index (χ1v) is 35.9. The predicted molar refractivity (Wildman–Crippen MR) is 365 cm³/mol. The van der Waals surface area contributed by atoms with Crippen molar-refractivity contribution in [1.82, 2.24) is 10.6 Å². The summed E-state index contributed by atoms with van der Waals surface area (Å²) in [6, 6.07) is 26.7. The number of hydrogen-bond donors (Lipinski definition) is 4. The zero-order chi connectivity index (χ0) is 62.7. The number of unbranched alkanes of at least 4 members (excludes halogenated alkanes) is 6. The van der Waals surface area contributed by atoms with E-state index in [-0.39, 0.29) is 37.9 Å². The number of nitrogens with one attached hydrogen (secondary N) is 2. The minimum absolute atomic E-state index is 0. The van der Waals surface area contributed by atoms with E-state index in [9.17, 15) is 27.0 Å². The molecule has 4 aromatic carbocycles. The van der Waals surface area contributed by atoms with Crippen molar-refractivity contribution < 1.29 is 55.5 Å². The Morgan fingerprint density at radius 3 is 1.44 bits per heavy atom. The van der Waals surface area contributed by atoms with Crippen molar-refractivity contribution in [1.29, 1.82) is 0 Å². The number of benzene rings is 4. The highest BCUT2D eigenvalue weighted by atomic mass is 32.2. The molecule has 0 spiro atoms. The average molecular weight is 1280 g/mol. The van der Waals surface area contributed by atoms with Crippen LogP contribution in [0.3, 0.4) is 0 Å². The van der Waals surface area contributed by atoms with Gasteiger partial charge in [0.15, 0.2) is 19.7 Å². The molecule has 0 unspecified atom stereocenters. The summed E-state index contributed by atoms with van der Waals surface area (Å²) in [4.78, 5) is 4.44. The van der Waals surface area contributed by atoms with Crippen molar-refractivity contribution in [3.8, 4) is 11.5 Å². The van der Waals surface area contributed by atoms with Crippen LogP contribution in [0.15, 0.2) is 94.7 Å². The lowest BCUT2D eigenvalue weighted by Gasteiger charge is -2.40. The van der Waals surface area contributed by atoms with Crippen LogP contribution in [0.4, 0.5) is 11.4 Å². The molecular weight excluding hydrogens is 1160 g/mol. The fraction of sp³-hybridized carbons (Fsp3) is 0.662. The van der Waals surface area contributed by atoms with E-state index in [1.807, 2.05) is 111 Å². The summed E-state index contributed by atoms with van der Waals surface area (Å²) < 4.78 is 93.3. The molecule has 0 amide bonds. The van der Waals surface area contributed by atoms with E-state index in [2.05, 4.69) is 38.3 Å². The Labute approximate surface area is 538 Å². The third-order valence-electron chi connectivity index (χ3n) is 17.5. The molecule has 18 heteroatoms. The van der Waals surface area contributed by atoms with Crippen molar-refractivity contribution in [3.63, 3.8) is 0 Å². The van der Waals surface area contributed by atoms with Gasteiger partial charge in [0, 0.05) is 75.7 Å². The molecular formula is C71H116N4O12S2. The van der Waals surface area contributed by atoms with Crippen molar-refractivity contribution in [2.75, 3.05) is 142 Å². The van der Waals surface area contributed by atoms with Crippen LogP contribution in [-0.2, 0) is 38.6 Å². The van der Waals surface area contributed by atoms with Gasteiger partial charge >= 0.3 is 0 Å². The number of aliphatic hydroxyl groups excluding tert-OH is 2. The van der Waals surface area contributed by atoms with Gasteiger partial charge in [-0.05, 0) is 110 Å². The van der Waals surface area contributed by atoms with Crippen LogP contribution >= 0.6 is 0 Å². The fourth-order valence-electron chi connectivity index (χ4n) is 12.7. The molecule has 2 aliphatic heterocycles. The number of aliphatic hydroxyl groups is 2. The van der Waals surface area contributed by atoms with Crippen LogP contribution in [-0.4, -0.2) is 171 Å². The SMILES string of the molecule is C.C.CCCCC1(CCCC)CS(=O)(=O)c2ccc(N(C)C)cc2[C@H](c2cccc(OCCOCCOCCNCCCCCNCCOCCOCCOc3cc4c(cc3N(C)C)[C@H](c3ccccc3)[C@H](O)C(CCCC)(CCCC)CS4(=O)=O)c2)[C@@H]1O. The molecule has 4 N–H and O–H groups in total. The quantitative estimate of drug-likeness (QED) is 0.0306. The van der Waals surface area contributed by atoms with Gasteiger partial charge in [0.2, 0.25) is 0 Å². The highest BCUT2D eigenvalue weighted by Crippen LogP contribution is 2.53. The second kappa shape index (κ2) is 39.3. The summed E-state index contributed by atoms with van der Waals surface area (Å²) >= 11 is 0. The third kappa shape index (κ3) is 22.2. The third-order valence-corrected chi connectivity index (χ3v) is 21.5.